The second-order valence-electron chi connectivity index (χ2n) is 5.96. The molecule has 2 N–H and O–H groups in total. The van der Waals surface area contributed by atoms with Gasteiger partial charge in [-0.15, -0.1) is 0 Å². The Morgan fingerprint density at radius 2 is 1.95 bits per heavy atom. The number of anilines is 1. The van der Waals surface area contributed by atoms with Crippen LogP contribution in [0.1, 0.15) is 25.0 Å². The summed E-state index contributed by atoms with van der Waals surface area (Å²) in [5, 5.41) is 3.03. The molecule has 1 heterocycles. The highest BCUT2D eigenvalue weighted by atomic mass is 16.5. The highest BCUT2D eigenvalue weighted by Crippen LogP contribution is 2.15. The van der Waals surface area contributed by atoms with E-state index in [1.54, 1.807) is 0 Å². The van der Waals surface area contributed by atoms with Crippen molar-refractivity contribution in [3.05, 3.63) is 29.3 Å². The van der Waals surface area contributed by atoms with Gasteiger partial charge in [0.2, 0.25) is 0 Å². The molecule has 0 bridgehead atoms. The van der Waals surface area contributed by atoms with Crippen molar-refractivity contribution in [3.63, 3.8) is 0 Å². The summed E-state index contributed by atoms with van der Waals surface area (Å²) in [7, 11) is 0. The molecule has 0 spiro atoms. The number of quaternary nitrogens is 1. The van der Waals surface area contributed by atoms with Gasteiger partial charge in [-0.25, -0.2) is 0 Å². The second kappa shape index (κ2) is 6.37. The first-order valence-corrected chi connectivity index (χ1v) is 7.30. The molecule has 4 heteroatoms. The van der Waals surface area contributed by atoms with Crippen molar-refractivity contribution in [1.29, 1.82) is 0 Å². The van der Waals surface area contributed by atoms with E-state index in [1.807, 2.05) is 26.0 Å². The Hall–Kier alpha value is -1.39. The Bertz CT molecular complexity index is 477. The number of benzene rings is 1. The molecular weight excluding hydrogens is 252 g/mol. The lowest BCUT2D eigenvalue weighted by Gasteiger charge is -2.31. The number of ether oxygens (including phenoxy) is 1. The Morgan fingerprint density at radius 3 is 2.60 bits per heavy atom. The zero-order valence-corrected chi connectivity index (χ0v) is 12.8. The molecule has 1 saturated heterocycles. The van der Waals surface area contributed by atoms with E-state index in [2.05, 4.69) is 25.2 Å². The number of amides is 1. The molecule has 1 fully saturated rings. The van der Waals surface area contributed by atoms with Crippen LogP contribution in [0.5, 0.6) is 0 Å². The molecule has 2 rings (SSSR count). The SMILES string of the molecule is Cc1ccc(C)c(NC(=O)C[NH+]2C[C@H](C)O[C@@H](C)C2)c1. The van der Waals surface area contributed by atoms with Gasteiger partial charge in [0.05, 0.1) is 0 Å². The molecule has 1 aliphatic heterocycles. The van der Waals surface area contributed by atoms with Crippen LogP contribution in [-0.4, -0.2) is 37.7 Å². The quantitative estimate of drug-likeness (QED) is 0.863. The van der Waals surface area contributed by atoms with Gasteiger partial charge in [-0.3, -0.25) is 4.79 Å². The van der Waals surface area contributed by atoms with Crippen molar-refractivity contribution in [2.75, 3.05) is 25.0 Å². The third-order valence-corrected chi connectivity index (χ3v) is 3.69. The Balaban J connectivity index is 1.93. The smallest absolute Gasteiger partial charge is 0.279 e. The Morgan fingerprint density at radius 1 is 1.30 bits per heavy atom. The minimum Gasteiger partial charge on any atom is -0.364 e. The van der Waals surface area contributed by atoms with Crippen molar-refractivity contribution >= 4 is 11.6 Å². The van der Waals surface area contributed by atoms with Gasteiger partial charge in [-0.05, 0) is 44.9 Å². The van der Waals surface area contributed by atoms with Crippen LogP contribution in [0.25, 0.3) is 0 Å². The van der Waals surface area contributed by atoms with Crippen LogP contribution in [0.4, 0.5) is 5.69 Å². The van der Waals surface area contributed by atoms with Crippen molar-refractivity contribution in [2.24, 2.45) is 0 Å². The van der Waals surface area contributed by atoms with E-state index in [9.17, 15) is 4.79 Å². The highest BCUT2D eigenvalue weighted by molar-refractivity contribution is 5.92. The van der Waals surface area contributed by atoms with Crippen molar-refractivity contribution in [1.82, 2.24) is 0 Å². The number of nitrogens with one attached hydrogen (secondary N) is 2. The second-order valence-corrected chi connectivity index (χ2v) is 5.96. The number of hydrogen-bond acceptors (Lipinski definition) is 2. The van der Waals surface area contributed by atoms with Gasteiger partial charge in [-0.1, -0.05) is 12.1 Å². The summed E-state index contributed by atoms with van der Waals surface area (Å²) in [5.74, 6) is 0.0787. The monoisotopic (exact) mass is 277 g/mol. The summed E-state index contributed by atoms with van der Waals surface area (Å²) in [6.45, 7) is 10.5. The van der Waals surface area contributed by atoms with E-state index in [-0.39, 0.29) is 18.1 Å². The summed E-state index contributed by atoms with van der Waals surface area (Å²) < 4.78 is 5.70. The fourth-order valence-corrected chi connectivity index (χ4v) is 2.83. The average molecular weight is 277 g/mol. The summed E-state index contributed by atoms with van der Waals surface area (Å²) in [6.07, 6.45) is 0.449. The summed E-state index contributed by atoms with van der Waals surface area (Å²) in [4.78, 5) is 13.5. The third kappa shape index (κ3) is 4.05. The molecule has 1 amide bonds. The molecule has 0 unspecified atom stereocenters. The molecule has 1 aromatic carbocycles. The standard InChI is InChI=1S/C16H24N2O2/c1-11-5-6-12(2)15(7-11)17-16(19)10-18-8-13(3)20-14(4)9-18/h5-7,13-14H,8-10H2,1-4H3,(H,17,19)/p+1/t13-,14-/m0/s1. The van der Waals surface area contributed by atoms with E-state index in [0.717, 1.165) is 29.9 Å². The van der Waals surface area contributed by atoms with Gasteiger partial charge in [0.25, 0.3) is 5.91 Å². The fourth-order valence-electron chi connectivity index (χ4n) is 2.83. The van der Waals surface area contributed by atoms with Gasteiger partial charge in [0.15, 0.2) is 6.54 Å². The molecule has 20 heavy (non-hydrogen) atoms. The number of carbonyl (C=O) groups is 1. The maximum atomic E-state index is 12.2. The maximum absolute atomic E-state index is 12.2. The molecule has 2 atom stereocenters. The molecule has 1 aliphatic rings. The van der Waals surface area contributed by atoms with Gasteiger partial charge < -0.3 is 15.0 Å². The van der Waals surface area contributed by atoms with E-state index in [4.69, 9.17) is 4.74 Å². The van der Waals surface area contributed by atoms with Crippen LogP contribution in [0.2, 0.25) is 0 Å². The predicted octanol–water partition coefficient (Wildman–Crippen LogP) is 0.934. The Labute approximate surface area is 121 Å². The normalized spacial score (nSPS) is 26.3. The lowest BCUT2D eigenvalue weighted by atomic mass is 10.1. The molecule has 0 aliphatic carbocycles. The van der Waals surface area contributed by atoms with Gasteiger partial charge in [-0.2, -0.15) is 0 Å². The maximum Gasteiger partial charge on any atom is 0.279 e. The fraction of sp³-hybridized carbons (Fsp3) is 0.562. The third-order valence-electron chi connectivity index (χ3n) is 3.69. The lowest BCUT2D eigenvalue weighted by Crippen LogP contribution is -3.16. The Kier molecular flexibility index (Phi) is 4.78. The molecule has 1 aromatic rings. The number of hydrogen-bond donors (Lipinski definition) is 2. The minimum atomic E-state index is 0.0787. The van der Waals surface area contributed by atoms with Gasteiger partial charge >= 0.3 is 0 Å². The van der Waals surface area contributed by atoms with Gasteiger partial charge in [0.1, 0.15) is 25.3 Å². The van der Waals surface area contributed by atoms with E-state index < -0.39 is 0 Å². The first-order valence-electron chi connectivity index (χ1n) is 7.30. The predicted molar refractivity (Wildman–Crippen MR) is 80.1 cm³/mol. The summed E-state index contributed by atoms with van der Waals surface area (Å²) in [6, 6.07) is 6.12. The first-order chi connectivity index (χ1) is 9.44. The number of carbonyl (C=O) groups excluding carboxylic acids is 1. The zero-order chi connectivity index (χ0) is 14.7. The molecule has 0 saturated carbocycles. The van der Waals surface area contributed by atoms with Crippen LogP contribution >= 0.6 is 0 Å². The molecule has 110 valence electrons. The highest BCUT2D eigenvalue weighted by Gasteiger charge is 2.27. The lowest BCUT2D eigenvalue weighted by molar-refractivity contribution is -0.907. The average Bonchev–Trinajstić information content (AvgIpc) is 2.32. The van der Waals surface area contributed by atoms with Gasteiger partial charge in [0, 0.05) is 5.69 Å². The number of morpholine rings is 1. The zero-order valence-electron chi connectivity index (χ0n) is 12.8. The van der Waals surface area contributed by atoms with E-state index >= 15 is 0 Å². The largest absolute Gasteiger partial charge is 0.364 e. The molecule has 0 aromatic heterocycles. The van der Waals surface area contributed by atoms with Crippen LogP contribution < -0.4 is 10.2 Å². The van der Waals surface area contributed by atoms with Crippen molar-refractivity contribution in [3.8, 4) is 0 Å². The van der Waals surface area contributed by atoms with Crippen LogP contribution in [0.3, 0.4) is 0 Å². The van der Waals surface area contributed by atoms with Crippen LogP contribution in [0, 0.1) is 13.8 Å². The van der Waals surface area contributed by atoms with Crippen molar-refractivity contribution in [2.45, 2.75) is 39.9 Å². The van der Waals surface area contributed by atoms with Crippen molar-refractivity contribution < 1.29 is 14.4 Å². The minimum absolute atomic E-state index is 0.0787. The molecular formula is C16H25N2O2+. The molecule has 0 radical (unpaired) electrons. The van der Waals surface area contributed by atoms with Crippen LogP contribution in [-0.2, 0) is 9.53 Å². The van der Waals surface area contributed by atoms with E-state index in [1.165, 1.54) is 4.90 Å². The summed E-state index contributed by atoms with van der Waals surface area (Å²) in [5.41, 5.74) is 3.18. The molecule has 4 nitrogen and oxygen atoms in total. The topological polar surface area (TPSA) is 42.8 Å². The summed E-state index contributed by atoms with van der Waals surface area (Å²) >= 11 is 0. The number of aryl methyl sites for hydroxylation is 2. The van der Waals surface area contributed by atoms with E-state index in [0.29, 0.717) is 6.54 Å². The van der Waals surface area contributed by atoms with Crippen LogP contribution in [0.15, 0.2) is 18.2 Å². The first kappa shape index (κ1) is 15.0. The number of rotatable bonds is 3.